The zero-order chi connectivity index (χ0) is 20.0. The van der Waals surface area contributed by atoms with Crippen molar-refractivity contribution in [3.05, 3.63) is 70.3 Å². The van der Waals surface area contributed by atoms with Crippen molar-refractivity contribution in [3.8, 4) is 0 Å². The molecule has 0 atom stereocenters. The lowest BCUT2D eigenvalue weighted by Crippen LogP contribution is -2.42. The molecule has 1 aliphatic rings. The van der Waals surface area contributed by atoms with Crippen LogP contribution in [-0.2, 0) is 15.6 Å². The monoisotopic (exact) mass is 362 g/mol. The third-order valence-corrected chi connectivity index (χ3v) is 5.72. The van der Waals surface area contributed by atoms with Gasteiger partial charge in [-0.3, -0.25) is 4.79 Å². The summed E-state index contributed by atoms with van der Waals surface area (Å²) in [5, 5.41) is 9.02. The molecule has 0 spiro atoms. The molecule has 3 rings (SSSR count). The Bertz CT molecular complexity index is 944. The lowest BCUT2D eigenvalue weighted by Gasteiger charge is -2.40. The maximum absolute atomic E-state index is 12.7. The molecule has 0 unspecified atom stereocenters. The first-order valence-electron chi connectivity index (χ1n) is 9.23. The van der Waals surface area contributed by atoms with Gasteiger partial charge in [0.2, 0.25) is 0 Å². The van der Waals surface area contributed by atoms with Gasteiger partial charge in [-0.25, -0.2) is 4.79 Å². The molecule has 2 aromatic rings. The normalized spacial score (nSPS) is 18.1. The molecule has 0 fully saturated rings. The highest BCUT2D eigenvalue weighted by molar-refractivity contribution is 5.93. The van der Waals surface area contributed by atoms with E-state index < -0.39 is 11.4 Å². The van der Waals surface area contributed by atoms with Crippen molar-refractivity contribution in [3.63, 3.8) is 0 Å². The largest absolute Gasteiger partial charge is 0.478 e. The predicted octanol–water partition coefficient (Wildman–Crippen LogP) is 5.47. The number of Topliss-reactive ketones (excluding diaryl/α,β-unsaturated/α-hetero) is 1. The zero-order valence-electron chi connectivity index (χ0n) is 16.6. The summed E-state index contributed by atoms with van der Waals surface area (Å²) in [6, 6.07) is 13.3. The molecule has 3 nitrogen and oxygen atoms in total. The molecule has 2 aromatic carbocycles. The van der Waals surface area contributed by atoms with E-state index in [1.54, 1.807) is 12.1 Å². The van der Waals surface area contributed by atoms with Crippen molar-refractivity contribution in [2.75, 3.05) is 0 Å². The average molecular weight is 362 g/mol. The van der Waals surface area contributed by atoms with Gasteiger partial charge in [0.25, 0.3) is 0 Å². The molecule has 0 aliphatic heterocycles. The van der Waals surface area contributed by atoms with Crippen molar-refractivity contribution in [2.24, 2.45) is 0 Å². The quantitative estimate of drug-likeness (QED) is 0.736. The number of carbonyl (C=O) groups is 2. The van der Waals surface area contributed by atoms with Crippen LogP contribution >= 0.6 is 0 Å². The summed E-state index contributed by atoms with van der Waals surface area (Å²) in [4.78, 5) is 23.7. The number of fused-ring (bicyclic) bond motifs is 1. The van der Waals surface area contributed by atoms with E-state index in [1.165, 1.54) is 5.56 Å². The molecule has 0 amide bonds. The molecule has 1 N–H and O–H groups in total. The van der Waals surface area contributed by atoms with Crippen molar-refractivity contribution >= 4 is 23.4 Å². The number of hydrogen-bond acceptors (Lipinski definition) is 2. The Balaban J connectivity index is 2.02. The first-order chi connectivity index (χ1) is 12.5. The first kappa shape index (κ1) is 19.1. The summed E-state index contributed by atoms with van der Waals surface area (Å²) < 4.78 is 0. The van der Waals surface area contributed by atoms with E-state index >= 15 is 0 Å². The van der Waals surface area contributed by atoms with E-state index in [0.29, 0.717) is 6.42 Å². The summed E-state index contributed by atoms with van der Waals surface area (Å²) in [5.41, 5.74) is 5.11. The highest BCUT2D eigenvalue weighted by Gasteiger charge is 2.43. The minimum Gasteiger partial charge on any atom is -0.478 e. The van der Waals surface area contributed by atoms with Gasteiger partial charge in [-0.1, -0.05) is 50.3 Å². The minimum atomic E-state index is -0.925. The molecule has 3 heteroatoms. The number of aromatic carboxylic acids is 1. The number of allylic oxidation sites excluding steroid dienone is 1. The highest BCUT2D eigenvalue weighted by Crippen LogP contribution is 2.44. The van der Waals surface area contributed by atoms with Crippen molar-refractivity contribution < 1.29 is 14.7 Å². The summed E-state index contributed by atoms with van der Waals surface area (Å²) in [6.07, 6.45) is 2.60. The average Bonchev–Trinajstić information content (AvgIpc) is 2.60. The van der Waals surface area contributed by atoms with Crippen LogP contribution < -0.4 is 0 Å². The van der Waals surface area contributed by atoms with Crippen LogP contribution in [0.25, 0.3) is 11.6 Å². The Kier molecular flexibility index (Phi) is 4.59. The maximum Gasteiger partial charge on any atom is 0.335 e. The van der Waals surface area contributed by atoms with E-state index in [9.17, 15) is 9.59 Å². The summed E-state index contributed by atoms with van der Waals surface area (Å²) in [6.45, 7) is 10.3. The van der Waals surface area contributed by atoms with Gasteiger partial charge in [0.15, 0.2) is 0 Å². The standard InChI is InChI=1S/C24H26O3/c1-15(12-16-6-8-17(9-7-16)22(26)27)18-10-11-19-20(13-18)24(4,5)21(25)14-23(19,2)3/h6-13H,14H2,1-5H3,(H,26,27). The Morgan fingerprint density at radius 2 is 1.56 bits per heavy atom. The van der Waals surface area contributed by atoms with Crippen molar-refractivity contribution in [2.45, 2.75) is 51.9 Å². The molecule has 1 aliphatic carbocycles. The maximum atomic E-state index is 12.7. The lowest BCUT2D eigenvalue weighted by molar-refractivity contribution is -0.125. The zero-order valence-corrected chi connectivity index (χ0v) is 16.6. The third-order valence-electron chi connectivity index (χ3n) is 5.72. The second-order valence-corrected chi connectivity index (χ2v) is 8.62. The van der Waals surface area contributed by atoms with E-state index in [2.05, 4.69) is 32.0 Å². The van der Waals surface area contributed by atoms with Crippen LogP contribution in [0.4, 0.5) is 0 Å². The van der Waals surface area contributed by atoms with Gasteiger partial charge in [0.05, 0.1) is 5.56 Å². The summed E-state index contributed by atoms with van der Waals surface area (Å²) in [7, 11) is 0. The number of carboxylic acids is 1. The van der Waals surface area contributed by atoms with Crippen molar-refractivity contribution in [1.82, 2.24) is 0 Å². The van der Waals surface area contributed by atoms with Gasteiger partial charge >= 0.3 is 5.97 Å². The Morgan fingerprint density at radius 3 is 2.15 bits per heavy atom. The van der Waals surface area contributed by atoms with E-state index in [4.69, 9.17) is 5.11 Å². The molecule has 0 bridgehead atoms. The van der Waals surface area contributed by atoms with Gasteiger partial charge < -0.3 is 5.11 Å². The van der Waals surface area contributed by atoms with E-state index in [0.717, 1.165) is 22.3 Å². The molecule has 0 saturated heterocycles. The Morgan fingerprint density at radius 1 is 0.963 bits per heavy atom. The van der Waals surface area contributed by atoms with Gasteiger partial charge in [0.1, 0.15) is 5.78 Å². The van der Waals surface area contributed by atoms with Crippen LogP contribution in [0.15, 0.2) is 42.5 Å². The predicted molar refractivity (Wildman–Crippen MR) is 109 cm³/mol. The Hall–Kier alpha value is -2.68. The summed E-state index contributed by atoms with van der Waals surface area (Å²) in [5.74, 6) is -0.644. The molecular formula is C24H26O3. The molecule has 27 heavy (non-hydrogen) atoms. The van der Waals surface area contributed by atoms with Crippen molar-refractivity contribution in [1.29, 1.82) is 0 Å². The van der Waals surface area contributed by atoms with Gasteiger partial charge in [0, 0.05) is 11.8 Å². The van der Waals surface area contributed by atoms with Gasteiger partial charge in [-0.2, -0.15) is 0 Å². The fourth-order valence-electron chi connectivity index (χ4n) is 3.82. The smallest absolute Gasteiger partial charge is 0.335 e. The molecule has 0 heterocycles. The molecule has 140 valence electrons. The fraction of sp³-hybridized carbons (Fsp3) is 0.333. The van der Waals surface area contributed by atoms with Crippen LogP contribution in [0.5, 0.6) is 0 Å². The third kappa shape index (κ3) is 3.46. The SMILES string of the molecule is CC(=Cc1ccc(C(=O)O)cc1)c1ccc2c(c1)C(C)(C)C(=O)CC2(C)C. The number of carboxylic acid groups (broad SMARTS) is 1. The molecular weight excluding hydrogens is 336 g/mol. The number of carbonyl (C=O) groups excluding carboxylic acids is 1. The molecule has 0 radical (unpaired) electrons. The lowest BCUT2D eigenvalue weighted by atomic mass is 9.62. The fourth-order valence-corrected chi connectivity index (χ4v) is 3.82. The van der Waals surface area contributed by atoms with Crippen LogP contribution in [-0.4, -0.2) is 16.9 Å². The summed E-state index contributed by atoms with van der Waals surface area (Å²) >= 11 is 0. The number of hydrogen-bond donors (Lipinski definition) is 1. The number of benzene rings is 2. The number of ketones is 1. The van der Waals surface area contributed by atoms with Gasteiger partial charge in [-0.15, -0.1) is 0 Å². The van der Waals surface area contributed by atoms with E-state index in [1.807, 2.05) is 39.0 Å². The highest BCUT2D eigenvalue weighted by atomic mass is 16.4. The van der Waals surface area contributed by atoms with Crippen LogP contribution in [0.2, 0.25) is 0 Å². The molecule has 0 aromatic heterocycles. The second kappa shape index (κ2) is 6.49. The van der Waals surface area contributed by atoms with E-state index in [-0.39, 0.29) is 16.8 Å². The minimum absolute atomic E-state index is 0.148. The van der Waals surface area contributed by atoms with Gasteiger partial charge in [-0.05, 0) is 66.1 Å². The first-order valence-corrected chi connectivity index (χ1v) is 9.23. The van der Waals surface area contributed by atoms with Crippen LogP contribution in [0.3, 0.4) is 0 Å². The van der Waals surface area contributed by atoms with Crippen LogP contribution in [0, 0.1) is 0 Å². The topological polar surface area (TPSA) is 54.4 Å². The number of rotatable bonds is 3. The van der Waals surface area contributed by atoms with Crippen LogP contribution in [0.1, 0.15) is 73.7 Å². The second-order valence-electron chi connectivity index (χ2n) is 8.62. The Labute approximate surface area is 160 Å². The molecule has 0 saturated carbocycles.